The number of hydrogen-bond donors (Lipinski definition) is 1. The maximum absolute atomic E-state index is 9.05. The molecule has 0 amide bonds. The summed E-state index contributed by atoms with van der Waals surface area (Å²) in [6.45, 7) is 5.19. The fraction of sp³-hybridized carbons (Fsp3) is 0.864. The average Bonchev–Trinajstić information content (AvgIpc) is 3.06. The number of hydrogen-bond acceptors (Lipinski definition) is 3. The predicted octanol–water partition coefficient (Wildman–Crippen LogP) is 5.73. The van der Waals surface area contributed by atoms with Crippen molar-refractivity contribution < 1.29 is 5.11 Å². The highest BCUT2D eigenvalue weighted by Gasteiger charge is 2.14. The topological polar surface area (TPSA) is 35.8 Å². The van der Waals surface area contributed by atoms with Crippen LogP contribution in [0.25, 0.3) is 0 Å². The van der Waals surface area contributed by atoms with E-state index >= 15 is 0 Å². The Labute approximate surface area is 156 Å². The molecule has 0 aromatic rings. The van der Waals surface area contributed by atoms with E-state index in [1.54, 1.807) is 0 Å². The van der Waals surface area contributed by atoms with Crippen molar-refractivity contribution in [2.45, 2.75) is 96.8 Å². The molecule has 3 heteroatoms. The van der Waals surface area contributed by atoms with Crippen LogP contribution in [0.2, 0.25) is 0 Å². The highest BCUT2D eigenvalue weighted by Crippen LogP contribution is 2.13. The Bertz CT molecular complexity index is 352. The molecule has 0 atom stereocenters. The molecule has 0 saturated heterocycles. The van der Waals surface area contributed by atoms with E-state index in [-0.39, 0.29) is 6.61 Å². The zero-order chi connectivity index (χ0) is 18.0. The Balaban J connectivity index is 1.81. The fourth-order valence-corrected chi connectivity index (χ4v) is 3.48. The van der Waals surface area contributed by atoms with Crippen molar-refractivity contribution in [3.8, 4) is 0 Å². The van der Waals surface area contributed by atoms with Crippen molar-refractivity contribution in [1.82, 2.24) is 4.90 Å². The van der Waals surface area contributed by atoms with Crippen molar-refractivity contribution in [1.29, 1.82) is 0 Å². The number of allylic oxidation sites excluding steroid dienone is 2. The van der Waals surface area contributed by atoms with E-state index in [0.717, 1.165) is 26.1 Å². The molecule has 1 aliphatic rings. The van der Waals surface area contributed by atoms with Gasteiger partial charge in [-0.2, -0.15) is 0 Å². The molecule has 0 aromatic carbocycles. The molecule has 0 fully saturated rings. The molecule has 1 rings (SSSR count). The SMILES string of the molecule is CCCCCCC/C=C/CCCCCCCCC1=NCCN1CCO. The van der Waals surface area contributed by atoms with Gasteiger partial charge < -0.3 is 10.0 Å². The quantitative estimate of drug-likeness (QED) is 0.268. The predicted molar refractivity (Wildman–Crippen MR) is 110 cm³/mol. The molecule has 146 valence electrons. The summed E-state index contributed by atoms with van der Waals surface area (Å²) in [6.07, 6.45) is 23.4. The van der Waals surface area contributed by atoms with Crippen LogP contribution in [0, 0.1) is 0 Å². The van der Waals surface area contributed by atoms with Crippen LogP contribution in [0.4, 0.5) is 0 Å². The van der Waals surface area contributed by atoms with E-state index in [1.807, 2.05) is 0 Å². The van der Waals surface area contributed by atoms with Gasteiger partial charge in [-0.1, -0.05) is 70.4 Å². The van der Waals surface area contributed by atoms with Gasteiger partial charge >= 0.3 is 0 Å². The minimum absolute atomic E-state index is 0.242. The number of aliphatic imine (C=N–C) groups is 1. The molecule has 0 bridgehead atoms. The summed E-state index contributed by atoms with van der Waals surface area (Å²) in [5.74, 6) is 1.23. The summed E-state index contributed by atoms with van der Waals surface area (Å²) in [6, 6.07) is 0. The van der Waals surface area contributed by atoms with Gasteiger partial charge in [0.05, 0.1) is 19.0 Å². The average molecular weight is 351 g/mol. The number of β-amino-alcohol motifs (C(OH)–C–C–N with tert-alkyl or cyclic N) is 1. The first kappa shape index (κ1) is 22.2. The molecule has 0 spiro atoms. The zero-order valence-electron chi connectivity index (χ0n) is 16.7. The minimum atomic E-state index is 0.242. The molecule has 0 aromatic heterocycles. The number of aliphatic hydroxyl groups is 1. The summed E-state index contributed by atoms with van der Waals surface area (Å²) in [7, 11) is 0. The summed E-state index contributed by atoms with van der Waals surface area (Å²) in [5.41, 5.74) is 0. The van der Waals surface area contributed by atoms with Crippen LogP contribution >= 0.6 is 0 Å². The first-order valence-corrected chi connectivity index (χ1v) is 10.9. The van der Waals surface area contributed by atoms with Gasteiger partial charge in [-0.3, -0.25) is 4.99 Å². The largest absolute Gasteiger partial charge is 0.395 e. The van der Waals surface area contributed by atoms with Crippen LogP contribution in [0.1, 0.15) is 96.8 Å². The molecule has 3 nitrogen and oxygen atoms in total. The third-order valence-electron chi connectivity index (χ3n) is 5.06. The van der Waals surface area contributed by atoms with E-state index in [1.165, 1.54) is 89.3 Å². The van der Waals surface area contributed by atoms with Crippen LogP contribution in [0.3, 0.4) is 0 Å². The first-order chi connectivity index (χ1) is 12.4. The zero-order valence-corrected chi connectivity index (χ0v) is 16.7. The van der Waals surface area contributed by atoms with Crippen LogP contribution in [0.15, 0.2) is 17.1 Å². The number of unbranched alkanes of at least 4 members (excludes halogenated alkanes) is 11. The van der Waals surface area contributed by atoms with E-state index in [0.29, 0.717) is 0 Å². The molecule has 0 aliphatic carbocycles. The molecule has 0 radical (unpaired) electrons. The summed E-state index contributed by atoms with van der Waals surface area (Å²) in [4.78, 5) is 6.81. The van der Waals surface area contributed by atoms with Crippen molar-refractivity contribution in [2.75, 3.05) is 26.2 Å². The second-order valence-electron chi connectivity index (χ2n) is 7.34. The molecular formula is C22H42N2O. The lowest BCUT2D eigenvalue weighted by atomic mass is 10.1. The fourth-order valence-electron chi connectivity index (χ4n) is 3.48. The van der Waals surface area contributed by atoms with E-state index in [2.05, 4.69) is 29.0 Å². The monoisotopic (exact) mass is 350 g/mol. The second-order valence-corrected chi connectivity index (χ2v) is 7.34. The molecule has 0 unspecified atom stereocenters. The van der Waals surface area contributed by atoms with E-state index in [4.69, 9.17) is 5.11 Å². The van der Waals surface area contributed by atoms with Gasteiger partial charge in [0.15, 0.2) is 0 Å². The van der Waals surface area contributed by atoms with Gasteiger partial charge in [-0.25, -0.2) is 0 Å². The third-order valence-corrected chi connectivity index (χ3v) is 5.06. The maximum Gasteiger partial charge on any atom is 0.0991 e. The van der Waals surface area contributed by atoms with Crippen LogP contribution < -0.4 is 0 Å². The van der Waals surface area contributed by atoms with Crippen molar-refractivity contribution >= 4 is 5.84 Å². The molecule has 1 heterocycles. The van der Waals surface area contributed by atoms with Crippen molar-refractivity contribution in [3.05, 3.63) is 12.2 Å². The first-order valence-electron chi connectivity index (χ1n) is 10.9. The normalized spacial score (nSPS) is 14.6. The number of amidine groups is 1. The van der Waals surface area contributed by atoms with Gasteiger partial charge in [-0.05, 0) is 32.1 Å². The lowest BCUT2D eigenvalue weighted by molar-refractivity contribution is 0.255. The molecule has 25 heavy (non-hydrogen) atoms. The molecular weight excluding hydrogens is 308 g/mol. The summed E-state index contributed by atoms with van der Waals surface area (Å²) < 4.78 is 0. The highest BCUT2D eigenvalue weighted by molar-refractivity contribution is 5.83. The lowest BCUT2D eigenvalue weighted by Gasteiger charge is -2.18. The van der Waals surface area contributed by atoms with Gasteiger partial charge in [-0.15, -0.1) is 0 Å². The van der Waals surface area contributed by atoms with E-state index in [9.17, 15) is 0 Å². The number of rotatable bonds is 17. The van der Waals surface area contributed by atoms with E-state index < -0.39 is 0 Å². The van der Waals surface area contributed by atoms with Crippen LogP contribution in [0.5, 0.6) is 0 Å². The summed E-state index contributed by atoms with van der Waals surface area (Å²) in [5, 5.41) is 9.05. The van der Waals surface area contributed by atoms with Gasteiger partial charge in [0.25, 0.3) is 0 Å². The van der Waals surface area contributed by atoms with Gasteiger partial charge in [0.2, 0.25) is 0 Å². The van der Waals surface area contributed by atoms with Gasteiger partial charge in [0, 0.05) is 19.5 Å². The third kappa shape index (κ3) is 12.2. The molecule has 1 N–H and O–H groups in total. The standard InChI is InChI=1S/C22H42N2O/c1-2-3-4-5-6-7-8-9-10-11-12-13-14-15-16-17-22-23-18-19-24(22)20-21-25/h8-9,25H,2-7,10-21H2,1H3/b9-8+. The van der Waals surface area contributed by atoms with Gasteiger partial charge in [0.1, 0.15) is 0 Å². The lowest BCUT2D eigenvalue weighted by Crippen LogP contribution is -2.30. The smallest absolute Gasteiger partial charge is 0.0991 e. The second kappa shape index (κ2) is 16.6. The Morgan fingerprint density at radius 3 is 2.12 bits per heavy atom. The minimum Gasteiger partial charge on any atom is -0.395 e. The van der Waals surface area contributed by atoms with Crippen LogP contribution in [-0.4, -0.2) is 42.1 Å². The van der Waals surface area contributed by atoms with Crippen LogP contribution in [-0.2, 0) is 0 Å². The molecule has 1 aliphatic heterocycles. The van der Waals surface area contributed by atoms with Crippen molar-refractivity contribution in [3.63, 3.8) is 0 Å². The Hall–Kier alpha value is -0.830. The number of nitrogens with zero attached hydrogens (tertiary/aromatic N) is 2. The Kier molecular flexibility index (Phi) is 14.8. The maximum atomic E-state index is 9.05. The van der Waals surface area contributed by atoms with Crippen molar-refractivity contribution in [2.24, 2.45) is 4.99 Å². The highest BCUT2D eigenvalue weighted by atomic mass is 16.3. The number of aliphatic hydroxyl groups excluding tert-OH is 1. The molecule has 0 saturated carbocycles. The summed E-state index contributed by atoms with van der Waals surface area (Å²) >= 11 is 0. The Morgan fingerprint density at radius 1 is 0.880 bits per heavy atom. The Morgan fingerprint density at radius 2 is 1.48 bits per heavy atom.